The standard InChI is InChI=1S/C21H29N3O5S2/c1-21(16-25)12-14-24(15-13-21)20-7-5-4-6-19(20)22-30(26,27)17-8-10-18(11-9-17)31(28,29)23(2)3/h4-11,22,25H,12-16H2,1-3H3. The maximum Gasteiger partial charge on any atom is 0.261 e. The molecule has 2 aromatic carbocycles. The molecule has 0 atom stereocenters. The molecule has 0 amide bonds. The molecule has 0 aliphatic carbocycles. The predicted molar refractivity (Wildman–Crippen MR) is 121 cm³/mol. The Labute approximate surface area is 184 Å². The number of rotatable bonds is 7. The molecule has 10 heteroatoms. The molecule has 0 radical (unpaired) electrons. The Bertz CT molecular complexity index is 1120. The van der Waals surface area contributed by atoms with Crippen LogP contribution < -0.4 is 9.62 Å². The van der Waals surface area contributed by atoms with Crippen molar-refractivity contribution in [2.75, 3.05) is 43.4 Å². The van der Waals surface area contributed by atoms with Gasteiger partial charge in [-0.1, -0.05) is 19.1 Å². The van der Waals surface area contributed by atoms with E-state index in [1.165, 1.54) is 38.4 Å². The second-order valence-electron chi connectivity index (χ2n) is 8.34. The number of aliphatic hydroxyl groups excluding tert-OH is 1. The summed E-state index contributed by atoms with van der Waals surface area (Å²) in [6, 6.07) is 12.3. The lowest BCUT2D eigenvalue weighted by Gasteiger charge is -2.40. The van der Waals surface area contributed by atoms with Gasteiger partial charge in [0.15, 0.2) is 0 Å². The van der Waals surface area contributed by atoms with Crippen LogP contribution >= 0.6 is 0 Å². The van der Waals surface area contributed by atoms with Gasteiger partial charge in [0.1, 0.15) is 0 Å². The van der Waals surface area contributed by atoms with Crippen molar-refractivity contribution >= 4 is 31.4 Å². The van der Waals surface area contributed by atoms with E-state index in [4.69, 9.17) is 0 Å². The van der Waals surface area contributed by atoms with Crippen molar-refractivity contribution in [2.24, 2.45) is 5.41 Å². The van der Waals surface area contributed by atoms with Crippen LogP contribution in [0.5, 0.6) is 0 Å². The minimum Gasteiger partial charge on any atom is -0.396 e. The third-order valence-corrected chi connectivity index (χ3v) is 8.96. The molecule has 1 aliphatic rings. The molecule has 0 bridgehead atoms. The number of aliphatic hydroxyl groups is 1. The van der Waals surface area contributed by atoms with E-state index in [9.17, 15) is 21.9 Å². The van der Waals surface area contributed by atoms with Crippen LogP contribution in [0.25, 0.3) is 0 Å². The lowest BCUT2D eigenvalue weighted by molar-refractivity contribution is 0.115. The molecule has 31 heavy (non-hydrogen) atoms. The highest BCUT2D eigenvalue weighted by molar-refractivity contribution is 7.92. The van der Waals surface area contributed by atoms with Gasteiger partial charge >= 0.3 is 0 Å². The van der Waals surface area contributed by atoms with Crippen LogP contribution in [0.1, 0.15) is 19.8 Å². The van der Waals surface area contributed by atoms with Gasteiger partial charge in [0.05, 0.1) is 21.2 Å². The Hall–Kier alpha value is -2.14. The highest BCUT2D eigenvalue weighted by atomic mass is 32.2. The summed E-state index contributed by atoms with van der Waals surface area (Å²) in [5, 5.41) is 9.59. The Kier molecular flexibility index (Phi) is 6.66. The molecule has 1 heterocycles. The number of piperidine rings is 1. The first-order valence-electron chi connectivity index (χ1n) is 9.99. The largest absolute Gasteiger partial charge is 0.396 e. The Morgan fingerprint density at radius 2 is 1.52 bits per heavy atom. The fourth-order valence-corrected chi connectivity index (χ4v) is 5.46. The summed E-state index contributed by atoms with van der Waals surface area (Å²) in [4.78, 5) is 2.12. The molecule has 1 aliphatic heterocycles. The quantitative estimate of drug-likeness (QED) is 0.647. The molecule has 0 aromatic heterocycles. The molecular weight excluding hydrogens is 438 g/mol. The van der Waals surface area contributed by atoms with Crippen molar-refractivity contribution in [1.29, 1.82) is 0 Å². The zero-order valence-electron chi connectivity index (χ0n) is 17.9. The number of nitrogens with one attached hydrogen (secondary N) is 1. The topological polar surface area (TPSA) is 107 Å². The summed E-state index contributed by atoms with van der Waals surface area (Å²) in [6.45, 7) is 3.62. The van der Waals surface area contributed by atoms with Crippen LogP contribution in [0.4, 0.5) is 11.4 Å². The number of para-hydroxylation sites is 2. The maximum atomic E-state index is 13.0. The van der Waals surface area contributed by atoms with Gasteiger partial charge in [-0.2, -0.15) is 0 Å². The molecule has 0 spiro atoms. The third-order valence-electron chi connectivity index (χ3n) is 5.75. The van der Waals surface area contributed by atoms with Crippen molar-refractivity contribution in [1.82, 2.24) is 4.31 Å². The second-order valence-corrected chi connectivity index (χ2v) is 12.2. The van der Waals surface area contributed by atoms with Gasteiger partial charge in [-0.05, 0) is 54.7 Å². The molecule has 1 saturated heterocycles. The van der Waals surface area contributed by atoms with Crippen LogP contribution in [0, 0.1) is 5.41 Å². The van der Waals surface area contributed by atoms with Gasteiger partial charge in [0.2, 0.25) is 10.0 Å². The van der Waals surface area contributed by atoms with Crippen molar-refractivity contribution in [3.63, 3.8) is 0 Å². The van der Waals surface area contributed by atoms with Crippen molar-refractivity contribution in [3.05, 3.63) is 48.5 Å². The number of benzene rings is 2. The van der Waals surface area contributed by atoms with E-state index < -0.39 is 20.0 Å². The van der Waals surface area contributed by atoms with Crippen LogP contribution in [0.15, 0.2) is 58.3 Å². The third kappa shape index (κ3) is 5.03. The lowest BCUT2D eigenvalue weighted by atomic mass is 9.81. The number of nitrogens with zero attached hydrogens (tertiary/aromatic N) is 2. The molecule has 8 nitrogen and oxygen atoms in total. The van der Waals surface area contributed by atoms with E-state index in [-0.39, 0.29) is 21.8 Å². The molecular formula is C21H29N3O5S2. The van der Waals surface area contributed by atoms with E-state index in [0.29, 0.717) is 18.8 Å². The van der Waals surface area contributed by atoms with Crippen LogP contribution in [0.3, 0.4) is 0 Å². The summed E-state index contributed by atoms with van der Waals surface area (Å²) >= 11 is 0. The van der Waals surface area contributed by atoms with Crippen molar-refractivity contribution in [3.8, 4) is 0 Å². The molecule has 1 fully saturated rings. The van der Waals surface area contributed by atoms with E-state index >= 15 is 0 Å². The average molecular weight is 468 g/mol. The highest BCUT2D eigenvalue weighted by Gasteiger charge is 2.30. The smallest absolute Gasteiger partial charge is 0.261 e. The number of hydrogen-bond donors (Lipinski definition) is 2. The summed E-state index contributed by atoms with van der Waals surface area (Å²) in [5.41, 5.74) is 1.12. The normalized spacial score (nSPS) is 17.0. The number of sulfonamides is 2. The monoisotopic (exact) mass is 467 g/mol. The molecule has 0 unspecified atom stereocenters. The van der Waals surface area contributed by atoms with Gasteiger partial charge in [-0.15, -0.1) is 0 Å². The maximum absolute atomic E-state index is 13.0. The SMILES string of the molecule is CN(C)S(=O)(=O)c1ccc(S(=O)(=O)Nc2ccccc2N2CCC(C)(CO)CC2)cc1. The van der Waals surface area contributed by atoms with Crippen molar-refractivity contribution < 1.29 is 21.9 Å². The van der Waals surface area contributed by atoms with Crippen molar-refractivity contribution in [2.45, 2.75) is 29.6 Å². The fraction of sp³-hybridized carbons (Fsp3) is 0.429. The van der Waals surface area contributed by atoms with Gasteiger partial charge in [0, 0.05) is 33.8 Å². The summed E-state index contributed by atoms with van der Waals surface area (Å²) in [6.07, 6.45) is 1.62. The molecule has 3 rings (SSSR count). The van der Waals surface area contributed by atoms with E-state index in [2.05, 4.69) is 16.5 Å². The van der Waals surface area contributed by atoms with Crippen LogP contribution in [0.2, 0.25) is 0 Å². The summed E-state index contributed by atoms with van der Waals surface area (Å²) in [7, 11) is -4.71. The van der Waals surface area contributed by atoms with E-state index in [0.717, 1.165) is 22.8 Å². The first-order chi connectivity index (χ1) is 14.5. The van der Waals surface area contributed by atoms with Gasteiger partial charge in [-0.25, -0.2) is 21.1 Å². The molecule has 2 aromatic rings. The number of hydrogen-bond acceptors (Lipinski definition) is 6. The summed E-state index contributed by atoms with van der Waals surface area (Å²) < 4.78 is 54.1. The Morgan fingerprint density at radius 1 is 0.968 bits per heavy atom. The highest BCUT2D eigenvalue weighted by Crippen LogP contribution is 2.36. The lowest BCUT2D eigenvalue weighted by Crippen LogP contribution is -2.40. The Morgan fingerprint density at radius 3 is 2.06 bits per heavy atom. The van der Waals surface area contributed by atoms with Gasteiger partial charge in [0.25, 0.3) is 10.0 Å². The fourth-order valence-electron chi connectivity index (χ4n) is 3.49. The molecule has 170 valence electrons. The zero-order valence-corrected chi connectivity index (χ0v) is 19.6. The first-order valence-corrected chi connectivity index (χ1v) is 12.9. The minimum absolute atomic E-state index is 0.0218. The van der Waals surface area contributed by atoms with Gasteiger partial charge in [-0.3, -0.25) is 4.72 Å². The van der Waals surface area contributed by atoms with Gasteiger partial charge < -0.3 is 10.0 Å². The zero-order chi connectivity index (χ0) is 22.9. The van der Waals surface area contributed by atoms with E-state index in [1.807, 2.05) is 12.1 Å². The molecule has 2 N–H and O–H groups in total. The number of anilines is 2. The first kappa shape index (κ1) is 23.5. The Balaban J connectivity index is 1.83. The second kappa shape index (κ2) is 8.78. The van der Waals surface area contributed by atoms with Crippen LogP contribution in [-0.2, 0) is 20.0 Å². The predicted octanol–water partition coefficient (Wildman–Crippen LogP) is 2.34. The molecule has 0 saturated carbocycles. The summed E-state index contributed by atoms with van der Waals surface area (Å²) in [5.74, 6) is 0. The minimum atomic E-state index is -3.91. The van der Waals surface area contributed by atoms with E-state index in [1.54, 1.807) is 12.1 Å². The van der Waals surface area contributed by atoms with Crippen LogP contribution in [-0.4, -0.2) is 60.0 Å². The average Bonchev–Trinajstić information content (AvgIpc) is 2.74.